The molecule has 0 heterocycles. The number of aliphatic carboxylic acids is 1. The number of allylic oxidation sites excluding steroid dienone is 1. The zero-order chi connectivity index (χ0) is 17.5. The first-order valence-electron chi connectivity index (χ1n) is 8.11. The number of carboxylic acid groups (broad SMARTS) is 1. The van der Waals surface area contributed by atoms with Crippen LogP contribution in [-0.2, 0) is 9.53 Å². The van der Waals surface area contributed by atoms with Crippen LogP contribution in [0.1, 0.15) is 43.8 Å². The van der Waals surface area contributed by atoms with Crippen molar-refractivity contribution >= 4 is 17.7 Å². The Bertz CT molecular complexity index is 596. The molecule has 24 heavy (non-hydrogen) atoms. The van der Waals surface area contributed by atoms with Gasteiger partial charge in [-0.2, -0.15) is 0 Å². The third-order valence-electron chi connectivity index (χ3n) is 4.07. The Hall–Kier alpha value is -2.34. The topological polar surface area (TPSA) is 87.1 Å². The van der Waals surface area contributed by atoms with Crippen molar-refractivity contribution in [2.45, 2.75) is 44.3 Å². The van der Waals surface area contributed by atoms with Gasteiger partial charge in [0.05, 0.1) is 0 Å². The third-order valence-corrected chi connectivity index (χ3v) is 4.07. The summed E-state index contributed by atoms with van der Waals surface area (Å²) in [6.07, 6.45) is 6.93. The van der Waals surface area contributed by atoms with Crippen LogP contribution in [0, 0.1) is 0 Å². The second-order valence-electron chi connectivity index (χ2n) is 5.88. The molecule has 0 radical (unpaired) electrons. The molecular weight excluding hydrogens is 310 g/mol. The summed E-state index contributed by atoms with van der Waals surface area (Å²) < 4.78 is 5.52. The highest BCUT2D eigenvalue weighted by atomic mass is 16.6. The van der Waals surface area contributed by atoms with E-state index in [0.717, 1.165) is 25.7 Å². The molecule has 0 aliphatic heterocycles. The maximum atomic E-state index is 12.3. The number of amides is 1. The zero-order valence-corrected chi connectivity index (χ0v) is 13.7. The fourth-order valence-electron chi connectivity index (χ4n) is 2.56. The number of aliphatic hydroxyl groups excluding tert-OH is 1. The predicted molar refractivity (Wildman–Crippen MR) is 89.9 cm³/mol. The van der Waals surface area contributed by atoms with Gasteiger partial charge in [-0.25, -0.2) is 9.59 Å². The Morgan fingerprint density at radius 2 is 1.92 bits per heavy atom. The number of carbonyl (C=O) groups is 2. The van der Waals surface area contributed by atoms with Crippen LogP contribution in [0.4, 0.5) is 10.5 Å². The maximum absolute atomic E-state index is 12.3. The van der Waals surface area contributed by atoms with E-state index >= 15 is 0 Å². The molecule has 1 amide bonds. The highest BCUT2D eigenvalue weighted by Gasteiger charge is 2.19. The molecule has 1 aromatic rings. The van der Waals surface area contributed by atoms with E-state index in [4.69, 9.17) is 9.84 Å². The molecule has 0 fully saturated rings. The van der Waals surface area contributed by atoms with Crippen molar-refractivity contribution in [1.82, 2.24) is 0 Å². The second kappa shape index (κ2) is 8.49. The molecule has 0 bridgehead atoms. The average molecular weight is 333 g/mol. The molecule has 0 saturated carbocycles. The molecule has 0 saturated heterocycles. The number of carbonyl (C=O) groups excluding carboxylic acids is 1. The van der Waals surface area contributed by atoms with Gasteiger partial charge in [0.2, 0.25) is 0 Å². The van der Waals surface area contributed by atoms with Crippen LogP contribution in [0.2, 0.25) is 0 Å². The lowest BCUT2D eigenvalue weighted by Crippen LogP contribution is -2.30. The van der Waals surface area contributed by atoms with E-state index in [2.05, 4.69) is 6.08 Å². The van der Waals surface area contributed by atoms with Gasteiger partial charge in [-0.05, 0) is 49.5 Å². The first-order chi connectivity index (χ1) is 11.5. The van der Waals surface area contributed by atoms with Gasteiger partial charge in [0, 0.05) is 12.7 Å². The molecule has 6 heteroatoms. The van der Waals surface area contributed by atoms with E-state index in [1.54, 1.807) is 19.2 Å². The molecule has 2 atom stereocenters. The summed E-state index contributed by atoms with van der Waals surface area (Å²) in [7, 11) is 1.59. The smallest absolute Gasteiger partial charge is 0.414 e. The van der Waals surface area contributed by atoms with Gasteiger partial charge in [0.15, 0.2) is 6.10 Å². The van der Waals surface area contributed by atoms with Crippen LogP contribution in [0.5, 0.6) is 0 Å². The number of aliphatic hydroxyl groups is 1. The summed E-state index contributed by atoms with van der Waals surface area (Å²) in [4.78, 5) is 24.4. The van der Waals surface area contributed by atoms with Crippen molar-refractivity contribution in [2.24, 2.45) is 0 Å². The average Bonchev–Trinajstić information content (AvgIpc) is 2.55. The van der Waals surface area contributed by atoms with Crippen molar-refractivity contribution in [2.75, 3.05) is 11.9 Å². The SMILES string of the molecule is CN(C(=O)O[C@H]1/C=C\CCCCC1)c1ccc(C(O)C(=O)O)cc1. The molecular formula is C18H23NO5. The van der Waals surface area contributed by atoms with Gasteiger partial charge >= 0.3 is 12.1 Å². The molecule has 1 aliphatic rings. The normalized spacial score (nSPS) is 20.3. The molecule has 1 unspecified atom stereocenters. The van der Waals surface area contributed by atoms with Crippen molar-refractivity contribution in [3.63, 3.8) is 0 Å². The largest absolute Gasteiger partial charge is 0.479 e. The molecule has 2 rings (SSSR count). The minimum atomic E-state index is -1.57. The van der Waals surface area contributed by atoms with Crippen molar-refractivity contribution in [3.8, 4) is 0 Å². The Morgan fingerprint density at radius 1 is 1.21 bits per heavy atom. The summed E-state index contributed by atoms with van der Waals surface area (Å²) in [6, 6.07) is 6.12. The fourth-order valence-corrected chi connectivity index (χ4v) is 2.56. The van der Waals surface area contributed by atoms with E-state index in [-0.39, 0.29) is 11.7 Å². The molecule has 6 nitrogen and oxygen atoms in total. The van der Waals surface area contributed by atoms with Gasteiger partial charge in [-0.3, -0.25) is 4.90 Å². The van der Waals surface area contributed by atoms with Crippen LogP contribution in [0.3, 0.4) is 0 Å². The zero-order valence-electron chi connectivity index (χ0n) is 13.7. The lowest BCUT2D eigenvalue weighted by Gasteiger charge is -2.22. The number of rotatable bonds is 4. The fraction of sp³-hybridized carbons (Fsp3) is 0.444. The number of carboxylic acids is 1. The molecule has 1 aliphatic carbocycles. The lowest BCUT2D eigenvalue weighted by molar-refractivity contribution is -0.146. The Labute approximate surface area is 141 Å². The van der Waals surface area contributed by atoms with Crippen LogP contribution in [0.15, 0.2) is 36.4 Å². The first kappa shape index (κ1) is 18.0. The summed E-state index contributed by atoms with van der Waals surface area (Å²) in [6.45, 7) is 0. The maximum Gasteiger partial charge on any atom is 0.414 e. The second-order valence-corrected chi connectivity index (χ2v) is 5.88. The van der Waals surface area contributed by atoms with E-state index in [0.29, 0.717) is 5.69 Å². The van der Waals surface area contributed by atoms with Gasteiger partial charge in [-0.1, -0.05) is 24.6 Å². The quantitative estimate of drug-likeness (QED) is 0.826. The van der Waals surface area contributed by atoms with Crippen LogP contribution >= 0.6 is 0 Å². The first-order valence-corrected chi connectivity index (χ1v) is 8.11. The molecule has 130 valence electrons. The number of benzene rings is 1. The number of hydrogen-bond acceptors (Lipinski definition) is 4. The standard InChI is InChI=1S/C18H23NO5/c1-19(14-11-9-13(10-12-14)16(20)17(21)22)18(23)24-15-7-5-3-2-4-6-8-15/h5,7,9-12,15-16,20H,2-4,6,8H2,1H3,(H,21,22)/b7-5-/t15-,16?/m0/s1. The highest BCUT2D eigenvalue weighted by molar-refractivity contribution is 5.87. The number of nitrogens with zero attached hydrogens (tertiary/aromatic N) is 1. The van der Waals surface area contributed by atoms with E-state index in [1.165, 1.54) is 23.5 Å². The van der Waals surface area contributed by atoms with Crippen LogP contribution in [0.25, 0.3) is 0 Å². The molecule has 0 spiro atoms. The molecule has 0 aromatic heterocycles. The molecule has 1 aromatic carbocycles. The van der Waals surface area contributed by atoms with Crippen molar-refractivity contribution in [3.05, 3.63) is 42.0 Å². The van der Waals surface area contributed by atoms with E-state index in [9.17, 15) is 14.7 Å². The Morgan fingerprint density at radius 3 is 2.58 bits per heavy atom. The third kappa shape index (κ3) is 4.83. The summed E-state index contributed by atoms with van der Waals surface area (Å²) in [5.41, 5.74) is 0.826. The van der Waals surface area contributed by atoms with Crippen LogP contribution in [-0.4, -0.2) is 35.4 Å². The van der Waals surface area contributed by atoms with Crippen molar-refractivity contribution in [1.29, 1.82) is 0 Å². The summed E-state index contributed by atoms with van der Waals surface area (Å²) in [5.74, 6) is -1.31. The van der Waals surface area contributed by atoms with Gasteiger partial charge in [-0.15, -0.1) is 0 Å². The highest BCUT2D eigenvalue weighted by Crippen LogP contribution is 2.21. The predicted octanol–water partition coefficient (Wildman–Crippen LogP) is 3.27. The minimum absolute atomic E-state index is 0.214. The number of hydrogen-bond donors (Lipinski definition) is 2. The molecule has 2 N–H and O–H groups in total. The van der Waals surface area contributed by atoms with E-state index < -0.39 is 18.2 Å². The Kier molecular flexibility index (Phi) is 6.37. The minimum Gasteiger partial charge on any atom is -0.479 e. The van der Waals surface area contributed by atoms with Crippen LogP contribution < -0.4 is 4.90 Å². The lowest BCUT2D eigenvalue weighted by atomic mass is 10.0. The van der Waals surface area contributed by atoms with Crippen molar-refractivity contribution < 1.29 is 24.5 Å². The van der Waals surface area contributed by atoms with Gasteiger partial charge < -0.3 is 14.9 Å². The summed E-state index contributed by atoms with van der Waals surface area (Å²) in [5, 5.41) is 18.3. The summed E-state index contributed by atoms with van der Waals surface area (Å²) >= 11 is 0. The monoisotopic (exact) mass is 333 g/mol. The van der Waals surface area contributed by atoms with E-state index in [1.807, 2.05) is 6.08 Å². The van der Waals surface area contributed by atoms with Gasteiger partial charge in [0.25, 0.3) is 0 Å². The number of ether oxygens (including phenoxy) is 1. The Balaban J connectivity index is 1.99. The van der Waals surface area contributed by atoms with Gasteiger partial charge in [0.1, 0.15) is 6.10 Å². The number of anilines is 1.